The fourth-order valence-corrected chi connectivity index (χ4v) is 4.12. The van der Waals surface area contributed by atoms with E-state index >= 15 is 0 Å². The van der Waals surface area contributed by atoms with Crippen molar-refractivity contribution in [3.63, 3.8) is 0 Å². The molecule has 2 unspecified atom stereocenters. The molecule has 0 aliphatic heterocycles. The Morgan fingerprint density at radius 2 is 2.05 bits per heavy atom. The zero-order valence-electron chi connectivity index (χ0n) is 14.9. The maximum absolute atomic E-state index is 11.7. The molecule has 0 bridgehead atoms. The lowest BCUT2D eigenvalue weighted by atomic mass is 9.71. The lowest BCUT2D eigenvalue weighted by Crippen LogP contribution is -2.23. The van der Waals surface area contributed by atoms with Gasteiger partial charge in [0.15, 0.2) is 0 Å². The summed E-state index contributed by atoms with van der Waals surface area (Å²) < 4.78 is 5.39. The Morgan fingerprint density at radius 1 is 1.32 bits per heavy atom. The van der Waals surface area contributed by atoms with Crippen LogP contribution in [0.5, 0.6) is 0 Å². The summed E-state index contributed by atoms with van der Waals surface area (Å²) in [4.78, 5) is 11.7. The van der Waals surface area contributed by atoms with E-state index in [0.29, 0.717) is 24.9 Å². The summed E-state index contributed by atoms with van der Waals surface area (Å²) in [7, 11) is 0. The van der Waals surface area contributed by atoms with E-state index in [1.165, 1.54) is 31.3 Å². The molecule has 0 aromatic rings. The van der Waals surface area contributed by atoms with Crippen LogP contribution in [0, 0.1) is 23.7 Å². The number of carbonyl (C=O) groups excluding carboxylic acids is 1. The zero-order chi connectivity index (χ0) is 16.3. The van der Waals surface area contributed by atoms with E-state index in [2.05, 4.69) is 26.8 Å². The molecule has 0 aromatic carbocycles. The van der Waals surface area contributed by atoms with Crippen LogP contribution in [0.1, 0.15) is 66.7 Å². The van der Waals surface area contributed by atoms with Crippen LogP contribution in [0.2, 0.25) is 0 Å². The first-order chi connectivity index (χ1) is 10.4. The Hall–Kier alpha value is -1.05. The third kappa shape index (κ3) is 4.24. The molecule has 0 saturated heterocycles. The van der Waals surface area contributed by atoms with Gasteiger partial charge in [0.1, 0.15) is 6.61 Å². The number of carbonyl (C=O) groups is 1. The van der Waals surface area contributed by atoms with Crippen molar-refractivity contribution in [2.75, 3.05) is 6.61 Å². The van der Waals surface area contributed by atoms with Crippen molar-refractivity contribution < 1.29 is 9.53 Å². The third-order valence-corrected chi connectivity index (χ3v) is 5.26. The Bertz CT molecular complexity index is 470. The first-order valence-corrected chi connectivity index (χ1v) is 8.91. The minimum Gasteiger partial charge on any atom is -0.461 e. The summed E-state index contributed by atoms with van der Waals surface area (Å²) in [6.45, 7) is 11.4. The van der Waals surface area contributed by atoms with Crippen LogP contribution in [0.25, 0.3) is 0 Å². The van der Waals surface area contributed by atoms with Crippen LogP contribution in [-0.4, -0.2) is 12.6 Å². The highest BCUT2D eigenvalue weighted by Crippen LogP contribution is 2.48. The Labute approximate surface area is 136 Å². The summed E-state index contributed by atoms with van der Waals surface area (Å²) in [6.07, 6.45) is 8.07. The summed E-state index contributed by atoms with van der Waals surface area (Å²) in [5, 5.41) is 0. The number of ether oxygens (including phenoxy) is 1. The SMILES string of the molecule is CC1=C2C(CC1)C(C)CC[C@H]2/C=C(\C)COC(=O)CC(C)C. The van der Waals surface area contributed by atoms with Gasteiger partial charge in [-0.3, -0.25) is 4.79 Å². The molecule has 1 saturated carbocycles. The van der Waals surface area contributed by atoms with Crippen LogP contribution < -0.4 is 0 Å². The molecule has 0 heterocycles. The van der Waals surface area contributed by atoms with Gasteiger partial charge in [-0.15, -0.1) is 0 Å². The molecule has 22 heavy (non-hydrogen) atoms. The van der Waals surface area contributed by atoms with E-state index in [-0.39, 0.29) is 5.97 Å². The first kappa shape index (κ1) is 17.3. The molecule has 0 N–H and O–H groups in total. The van der Waals surface area contributed by atoms with Gasteiger partial charge in [0, 0.05) is 6.42 Å². The molecule has 2 rings (SSSR count). The molecule has 1 fully saturated rings. The minimum atomic E-state index is -0.0749. The highest BCUT2D eigenvalue weighted by atomic mass is 16.5. The normalized spacial score (nSPS) is 29.0. The molecule has 2 nitrogen and oxygen atoms in total. The number of hydrogen-bond acceptors (Lipinski definition) is 2. The van der Waals surface area contributed by atoms with Gasteiger partial charge >= 0.3 is 5.97 Å². The van der Waals surface area contributed by atoms with Crippen molar-refractivity contribution in [2.24, 2.45) is 23.7 Å². The predicted octanol–water partition coefficient (Wildman–Crippen LogP) is 5.29. The summed E-state index contributed by atoms with van der Waals surface area (Å²) in [6, 6.07) is 0. The lowest BCUT2D eigenvalue weighted by molar-refractivity contribution is -0.143. The summed E-state index contributed by atoms with van der Waals surface area (Å²) in [5.41, 5.74) is 4.51. The van der Waals surface area contributed by atoms with Gasteiger partial charge in [0.05, 0.1) is 0 Å². The number of esters is 1. The van der Waals surface area contributed by atoms with E-state index < -0.39 is 0 Å². The molecule has 3 atom stereocenters. The van der Waals surface area contributed by atoms with Gasteiger partial charge in [-0.25, -0.2) is 0 Å². The largest absolute Gasteiger partial charge is 0.461 e. The molecular weight excluding hydrogens is 272 g/mol. The third-order valence-electron chi connectivity index (χ3n) is 5.26. The fraction of sp³-hybridized carbons (Fsp3) is 0.750. The Kier molecular flexibility index (Phi) is 5.88. The average Bonchev–Trinajstić information content (AvgIpc) is 2.82. The van der Waals surface area contributed by atoms with Gasteiger partial charge in [0.25, 0.3) is 0 Å². The summed E-state index contributed by atoms with van der Waals surface area (Å²) >= 11 is 0. The van der Waals surface area contributed by atoms with Crippen molar-refractivity contribution in [3.05, 3.63) is 22.8 Å². The van der Waals surface area contributed by atoms with Crippen LogP contribution >= 0.6 is 0 Å². The summed E-state index contributed by atoms with van der Waals surface area (Å²) in [5.74, 6) is 2.50. The fourth-order valence-electron chi connectivity index (χ4n) is 4.12. The second-order valence-corrected chi connectivity index (χ2v) is 7.81. The maximum atomic E-state index is 11.7. The number of fused-ring (bicyclic) bond motifs is 1. The smallest absolute Gasteiger partial charge is 0.306 e. The topological polar surface area (TPSA) is 26.3 Å². The Balaban J connectivity index is 1.96. The van der Waals surface area contributed by atoms with E-state index in [0.717, 1.165) is 11.8 Å². The molecule has 124 valence electrons. The predicted molar refractivity (Wildman–Crippen MR) is 91.5 cm³/mol. The molecule has 0 radical (unpaired) electrons. The van der Waals surface area contributed by atoms with Crippen molar-refractivity contribution in [2.45, 2.75) is 66.7 Å². The Morgan fingerprint density at radius 3 is 2.73 bits per heavy atom. The highest BCUT2D eigenvalue weighted by Gasteiger charge is 2.35. The van der Waals surface area contributed by atoms with E-state index in [1.54, 1.807) is 11.1 Å². The van der Waals surface area contributed by atoms with E-state index in [1.807, 2.05) is 13.8 Å². The average molecular weight is 304 g/mol. The second kappa shape index (κ2) is 7.48. The van der Waals surface area contributed by atoms with E-state index in [4.69, 9.17) is 4.74 Å². The molecule has 2 aliphatic carbocycles. The highest BCUT2D eigenvalue weighted by molar-refractivity contribution is 5.69. The molecule has 2 heteroatoms. The second-order valence-electron chi connectivity index (χ2n) is 7.81. The quantitative estimate of drug-likeness (QED) is 0.509. The molecule has 0 aromatic heterocycles. The van der Waals surface area contributed by atoms with Crippen LogP contribution in [0.3, 0.4) is 0 Å². The lowest BCUT2D eigenvalue weighted by Gasteiger charge is -2.34. The monoisotopic (exact) mass is 304 g/mol. The van der Waals surface area contributed by atoms with Gasteiger partial charge in [0.2, 0.25) is 0 Å². The number of allylic oxidation sites excluding steroid dienone is 3. The standard InChI is InChI=1S/C20H32O2/c1-13(2)10-19(21)22-12-14(3)11-17-8-6-15(4)18-9-7-16(5)20(17)18/h11,13,15,17-18H,6-10,12H2,1-5H3/b14-11+/t15?,17-,18?/m0/s1. The molecular formula is C20H32O2. The molecule has 0 spiro atoms. The van der Waals surface area contributed by atoms with Crippen molar-refractivity contribution in [1.29, 1.82) is 0 Å². The molecule has 2 aliphatic rings. The van der Waals surface area contributed by atoms with Crippen LogP contribution in [-0.2, 0) is 9.53 Å². The van der Waals surface area contributed by atoms with Crippen molar-refractivity contribution in [3.8, 4) is 0 Å². The van der Waals surface area contributed by atoms with Crippen molar-refractivity contribution >= 4 is 5.97 Å². The van der Waals surface area contributed by atoms with E-state index in [9.17, 15) is 4.79 Å². The van der Waals surface area contributed by atoms with Crippen molar-refractivity contribution in [1.82, 2.24) is 0 Å². The van der Waals surface area contributed by atoms with Gasteiger partial charge in [-0.1, -0.05) is 38.0 Å². The van der Waals surface area contributed by atoms with Gasteiger partial charge in [-0.05, 0) is 68.8 Å². The first-order valence-electron chi connectivity index (χ1n) is 8.91. The van der Waals surface area contributed by atoms with Gasteiger partial charge < -0.3 is 4.74 Å². The minimum absolute atomic E-state index is 0.0749. The van der Waals surface area contributed by atoms with Crippen LogP contribution in [0.4, 0.5) is 0 Å². The van der Waals surface area contributed by atoms with Crippen LogP contribution in [0.15, 0.2) is 22.8 Å². The van der Waals surface area contributed by atoms with Gasteiger partial charge in [-0.2, -0.15) is 0 Å². The number of rotatable bonds is 5. The number of hydrogen-bond donors (Lipinski definition) is 0. The zero-order valence-corrected chi connectivity index (χ0v) is 14.9. The maximum Gasteiger partial charge on any atom is 0.306 e. The molecule has 0 amide bonds.